The maximum Gasteiger partial charge on any atom is 0.433 e. The Kier molecular flexibility index (Phi) is 5.43. The van der Waals surface area contributed by atoms with Crippen LogP contribution in [0, 0.1) is 0 Å². The van der Waals surface area contributed by atoms with Gasteiger partial charge >= 0.3 is 6.18 Å². The monoisotopic (exact) mass is 367 g/mol. The molecule has 8 heteroatoms. The Balaban J connectivity index is 1.89. The van der Waals surface area contributed by atoms with Crippen molar-refractivity contribution in [3.63, 3.8) is 0 Å². The van der Waals surface area contributed by atoms with E-state index < -0.39 is 17.5 Å². The van der Waals surface area contributed by atoms with Gasteiger partial charge in [-0.15, -0.1) is 0 Å². The molecule has 2 heterocycles. The summed E-state index contributed by atoms with van der Waals surface area (Å²) in [5, 5.41) is 10.8. The summed E-state index contributed by atoms with van der Waals surface area (Å²) in [6, 6.07) is 10.1. The third-order valence-electron chi connectivity index (χ3n) is 4.34. The molecule has 1 aromatic heterocycles. The first-order chi connectivity index (χ1) is 12.4. The van der Waals surface area contributed by atoms with Gasteiger partial charge in [-0.2, -0.15) is 13.2 Å². The number of anilines is 1. The van der Waals surface area contributed by atoms with Crippen LogP contribution in [0.5, 0.6) is 0 Å². The van der Waals surface area contributed by atoms with Crippen molar-refractivity contribution in [1.82, 2.24) is 9.97 Å². The lowest BCUT2D eigenvalue weighted by Gasteiger charge is -2.37. The van der Waals surface area contributed by atoms with E-state index in [0.29, 0.717) is 32.6 Å². The molecule has 0 atom stereocenters. The summed E-state index contributed by atoms with van der Waals surface area (Å²) < 4.78 is 44.3. The Morgan fingerprint density at radius 3 is 2.46 bits per heavy atom. The fraction of sp³-hybridized carbons (Fsp3) is 0.444. The molecule has 0 spiro atoms. The Morgan fingerprint density at radius 2 is 1.81 bits per heavy atom. The molecule has 140 valence electrons. The molecular formula is C18H20F3N3O2. The van der Waals surface area contributed by atoms with Gasteiger partial charge in [-0.3, -0.25) is 0 Å². The van der Waals surface area contributed by atoms with Gasteiger partial charge in [0, 0.05) is 38.8 Å². The molecule has 1 aliphatic heterocycles. The Labute approximate surface area is 149 Å². The maximum atomic E-state index is 13.0. The van der Waals surface area contributed by atoms with Crippen LogP contribution in [0.15, 0.2) is 42.6 Å². The second-order valence-corrected chi connectivity index (χ2v) is 6.42. The standard InChI is InChI=1S/C18H20F3N3O2/c19-18(20,21)15-6-9-22-16(23-15)24(12-14-4-2-1-3-5-14)13-17(25)7-10-26-11-8-17/h1-6,9,25H,7-8,10-13H2. The summed E-state index contributed by atoms with van der Waals surface area (Å²) in [5.41, 5.74) is -1.16. The van der Waals surface area contributed by atoms with E-state index in [-0.39, 0.29) is 12.5 Å². The number of ether oxygens (including phenoxy) is 1. The predicted octanol–water partition coefficient (Wildman–Crippen LogP) is 3.04. The first-order valence-electron chi connectivity index (χ1n) is 8.35. The maximum absolute atomic E-state index is 13.0. The zero-order valence-corrected chi connectivity index (χ0v) is 14.1. The fourth-order valence-electron chi connectivity index (χ4n) is 2.92. The van der Waals surface area contributed by atoms with Crippen LogP contribution in [0.25, 0.3) is 0 Å². The number of benzene rings is 1. The lowest BCUT2D eigenvalue weighted by atomic mass is 9.93. The van der Waals surface area contributed by atoms with Gasteiger partial charge in [-0.1, -0.05) is 30.3 Å². The second-order valence-electron chi connectivity index (χ2n) is 6.42. The summed E-state index contributed by atoms with van der Waals surface area (Å²) in [6.45, 7) is 1.26. The average Bonchev–Trinajstić information content (AvgIpc) is 2.62. The highest BCUT2D eigenvalue weighted by molar-refractivity contribution is 5.34. The van der Waals surface area contributed by atoms with E-state index in [1.807, 2.05) is 30.3 Å². The third-order valence-corrected chi connectivity index (χ3v) is 4.34. The number of hydrogen-bond donors (Lipinski definition) is 1. The van der Waals surface area contributed by atoms with E-state index in [1.54, 1.807) is 4.90 Å². The van der Waals surface area contributed by atoms with Gasteiger partial charge < -0.3 is 14.7 Å². The van der Waals surface area contributed by atoms with Crippen molar-refractivity contribution in [2.75, 3.05) is 24.7 Å². The van der Waals surface area contributed by atoms with Gasteiger partial charge in [0.15, 0.2) is 0 Å². The van der Waals surface area contributed by atoms with Crippen LogP contribution in [0.2, 0.25) is 0 Å². The van der Waals surface area contributed by atoms with E-state index in [9.17, 15) is 18.3 Å². The van der Waals surface area contributed by atoms with Crippen molar-refractivity contribution in [2.45, 2.75) is 31.2 Å². The van der Waals surface area contributed by atoms with Gasteiger partial charge in [0.05, 0.1) is 12.1 Å². The van der Waals surface area contributed by atoms with E-state index in [4.69, 9.17) is 4.74 Å². The van der Waals surface area contributed by atoms with Crippen molar-refractivity contribution < 1.29 is 23.0 Å². The normalized spacial score (nSPS) is 17.1. The highest BCUT2D eigenvalue weighted by Gasteiger charge is 2.35. The third kappa shape index (κ3) is 4.70. The minimum Gasteiger partial charge on any atom is -0.388 e. The van der Waals surface area contributed by atoms with Crippen molar-refractivity contribution in [3.05, 3.63) is 53.9 Å². The summed E-state index contributed by atoms with van der Waals surface area (Å²) >= 11 is 0. The van der Waals surface area contributed by atoms with Crippen LogP contribution in [0.4, 0.5) is 19.1 Å². The highest BCUT2D eigenvalue weighted by atomic mass is 19.4. The van der Waals surface area contributed by atoms with Gasteiger partial charge in [-0.25, -0.2) is 9.97 Å². The summed E-state index contributed by atoms with van der Waals surface area (Å²) in [5.74, 6) is -0.0522. The molecule has 5 nitrogen and oxygen atoms in total. The molecule has 26 heavy (non-hydrogen) atoms. The molecule has 0 bridgehead atoms. The van der Waals surface area contributed by atoms with Gasteiger partial charge in [-0.05, 0) is 11.6 Å². The summed E-state index contributed by atoms with van der Waals surface area (Å²) in [6.07, 6.45) is -2.63. The number of aromatic nitrogens is 2. The van der Waals surface area contributed by atoms with Gasteiger partial charge in [0.1, 0.15) is 5.69 Å². The van der Waals surface area contributed by atoms with Crippen molar-refractivity contribution >= 4 is 5.95 Å². The predicted molar refractivity (Wildman–Crippen MR) is 89.5 cm³/mol. The molecule has 3 rings (SSSR count). The smallest absolute Gasteiger partial charge is 0.388 e. The zero-order valence-electron chi connectivity index (χ0n) is 14.1. The quantitative estimate of drug-likeness (QED) is 0.880. The molecule has 0 aliphatic carbocycles. The largest absolute Gasteiger partial charge is 0.433 e. The van der Waals surface area contributed by atoms with Crippen LogP contribution in [-0.4, -0.2) is 40.4 Å². The molecule has 1 N–H and O–H groups in total. The lowest BCUT2D eigenvalue weighted by molar-refractivity contribution is -0.141. The number of nitrogens with zero attached hydrogens (tertiary/aromatic N) is 3. The van der Waals surface area contributed by atoms with E-state index in [2.05, 4.69) is 9.97 Å². The van der Waals surface area contributed by atoms with Crippen molar-refractivity contribution in [3.8, 4) is 0 Å². The molecule has 0 unspecified atom stereocenters. The fourth-order valence-corrected chi connectivity index (χ4v) is 2.92. The number of aliphatic hydroxyl groups is 1. The molecule has 0 radical (unpaired) electrons. The zero-order chi connectivity index (χ0) is 18.6. The minimum atomic E-state index is -4.55. The Bertz CT molecular complexity index is 719. The Morgan fingerprint density at radius 1 is 1.12 bits per heavy atom. The number of rotatable bonds is 5. The second kappa shape index (κ2) is 7.59. The average molecular weight is 367 g/mol. The van der Waals surface area contributed by atoms with Crippen LogP contribution in [0.1, 0.15) is 24.1 Å². The van der Waals surface area contributed by atoms with Gasteiger partial charge in [0.2, 0.25) is 5.95 Å². The molecule has 1 saturated heterocycles. The number of hydrogen-bond acceptors (Lipinski definition) is 5. The minimum absolute atomic E-state index is 0.0522. The first-order valence-corrected chi connectivity index (χ1v) is 8.35. The van der Waals surface area contributed by atoms with E-state index in [1.165, 1.54) is 0 Å². The topological polar surface area (TPSA) is 58.5 Å². The van der Waals surface area contributed by atoms with Crippen LogP contribution in [0.3, 0.4) is 0 Å². The van der Waals surface area contributed by atoms with Crippen LogP contribution in [-0.2, 0) is 17.5 Å². The molecule has 0 amide bonds. The first kappa shape index (κ1) is 18.6. The highest BCUT2D eigenvalue weighted by Crippen LogP contribution is 2.29. The lowest BCUT2D eigenvalue weighted by Crippen LogP contribution is -2.47. The van der Waals surface area contributed by atoms with E-state index >= 15 is 0 Å². The molecule has 1 aliphatic rings. The number of alkyl halides is 3. The van der Waals surface area contributed by atoms with Crippen molar-refractivity contribution in [1.29, 1.82) is 0 Å². The Hall–Kier alpha value is -2.19. The van der Waals surface area contributed by atoms with Crippen LogP contribution < -0.4 is 4.90 Å². The molecule has 1 aromatic carbocycles. The molecule has 1 fully saturated rings. The van der Waals surface area contributed by atoms with Gasteiger partial charge in [0.25, 0.3) is 0 Å². The molecular weight excluding hydrogens is 347 g/mol. The molecule has 0 saturated carbocycles. The van der Waals surface area contributed by atoms with E-state index in [0.717, 1.165) is 17.8 Å². The number of halogens is 3. The summed E-state index contributed by atoms with van der Waals surface area (Å²) in [4.78, 5) is 9.30. The molecule has 2 aromatic rings. The summed E-state index contributed by atoms with van der Waals surface area (Å²) in [7, 11) is 0. The van der Waals surface area contributed by atoms with Crippen molar-refractivity contribution in [2.24, 2.45) is 0 Å². The SMILES string of the molecule is OC1(CN(Cc2ccccc2)c2nccc(C(F)(F)F)n2)CCOCC1. The van der Waals surface area contributed by atoms with Crippen LogP contribution >= 0.6 is 0 Å².